The number of nitrogens with zero attached hydrogens (tertiary/aromatic N) is 1. The molecule has 1 aliphatic heterocycles. The van der Waals surface area contributed by atoms with Crippen LogP contribution in [-0.2, 0) is 9.59 Å². The fourth-order valence-electron chi connectivity index (χ4n) is 2.56. The van der Waals surface area contributed by atoms with Crippen LogP contribution in [0.1, 0.15) is 5.56 Å². The summed E-state index contributed by atoms with van der Waals surface area (Å²) in [6.45, 7) is 0. The topological polar surface area (TPSA) is 78.5 Å². The maximum Gasteiger partial charge on any atom is 0.335 e. The lowest BCUT2D eigenvalue weighted by molar-refractivity contribution is -0.122. The second-order valence-electron chi connectivity index (χ2n) is 5.54. The van der Waals surface area contributed by atoms with Gasteiger partial charge in [0, 0.05) is 18.7 Å². The fraction of sp³-hybridized carbons (Fsp3) is 0.0556. The third-order valence-corrected chi connectivity index (χ3v) is 6.04. The van der Waals surface area contributed by atoms with Crippen molar-refractivity contribution >= 4 is 96.4 Å². The lowest BCUT2D eigenvalue weighted by Crippen LogP contribution is -2.54. The summed E-state index contributed by atoms with van der Waals surface area (Å²) in [6, 6.07) is 9.66. The summed E-state index contributed by atoms with van der Waals surface area (Å²) in [7, 11) is 1.83. The molecule has 1 aliphatic rings. The molecule has 2 aromatic carbocycles. The van der Waals surface area contributed by atoms with Crippen molar-refractivity contribution in [3.8, 4) is 0 Å². The number of rotatable bonds is 3. The van der Waals surface area contributed by atoms with E-state index in [1.54, 1.807) is 24.3 Å². The SMILES string of the molecule is CNc1c(I)cc(/C=C2\C(=O)NC(=O)N(c3ccc(Br)cc3)C2=O)cc1I. The minimum absolute atomic E-state index is 0.0960. The van der Waals surface area contributed by atoms with Crippen LogP contribution in [0, 0.1) is 7.14 Å². The predicted molar refractivity (Wildman–Crippen MR) is 125 cm³/mol. The third kappa shape index (κ3) is 4.19. The molecule has 0 unspecified atom stereocenters. The Morgan fingerprint density at radius 1 is 1.07 bits per heavy atom. The highest BCUT2D eigenvalue weighted by Crippen LogP contribution is 2.28. The molecule has 0 bridgehead atoms. The average molecular weight is 652 g/mol. The Morgan fingerprint density at radius 3 is 2.22 bits per heavy atom. The predicted octanol–water partition coefficient (Wildman–Crippen LogP) is 4.37. The zero-order valence-electron chi connectivity index (χ0n) is 13.8. The molecule has 3 rings (SSSR count). The van der Waals surface area contributed by atoms with Crippen LogP contribution in [0.15, 0.2) is 46.4 Å². The molecule has 9 heteroatoms. The molecule has 2 aromatic rings. The molecular weight excluding hydrogens is 640 g/mol. The molecule has 4 amide bonds. The van der Waals surface area contributed by atoms with Crippen molar-refractivity contribution in [3.63, 3.8) is 0 Å². The summed E-state index contributed by atoms with van der Waals surface area (Å²) in [4.78, 5) is 38.3. The summed E-state index contributed by atoms with van der Waals surface area (Å²) >= 11 is 7.68. The Bertz CT molecular complexity index is 967. The van der Waals surface area contributed by atoms with Crippen LogP contribution in [0.4, 0.5) is 16.2 Å². The molecular formula is C18H12BrI2N3O3. The van der Waals surface area contributed by atoms with Crippen molar-refractivity contribution < 1.29 is 14.4 Å². The first-order valence-electron chi connectivity index (χ1n) is 7.65. The molecule has 0 radical (unpaired) electrons. The smallest absolute Gasteiger partial charge is 0.335 e. The molecule has 27 heavy (non-hydrogen) atoms. The number of anilines is 2. The highest BCUT2D eigenvalue weighted by Gasteiger charge is 2.36. The normalized spacial score (nSPS) is 15.9. The molecule has 1 saturated heterocycles. The number of hydrogen-bond acceptors (Lipinski definition) is 4. The lowest BCUT2D eigenvalue weighted by Gasteiger charge is -2.26. The Balaban J connectivity index is 2.03. The molecule has 0 aromatic heterocycles. The van der Waals surface area contributed by atoms with E-state index in [0.717, 1.165) is 22.2 Å². The Morgan fingerprint density at radius 2 is 1.67 bits per heavy atom. The minimum Gasteiger partial charge on any atom is -0.386 e. The number of carbonyl (C=O) groups is 3. The standard InChI is InChI=1S/C18H12BrI2N3O3/c1-22-15-13(20)7-9(8-14(15)21)6-12-16(25)23-18(27)24(17(12)26)11-4-2-10(19)3-5-11/h2-8,22H,1H3,(H,23,25,27)/b12-6+. The molecule has 6 nitrogen and oxygen atoms in total. The zero-order chi connectivity index (χ0) is 19.7. The molecule has 0 aliphatic carbocycles. The van der Waals surface area contributed by atoms with Crippen molar-refractivity contribution in [2.24, 2.45) is 0 Å². The first kappa shape index (κ1) is 20.3. The molecule has 0 atom stereocenters. The number of urea groups is 1. The van der Waals surface area contributed by atoms with Gasteiger partial charge in [-0.15, -0.1) is 0 Å². The van der Waals surface area contributed by atoms with Crippen LogP contribution < -0.4 is 15.5 Å². The van der Waals surface area contributed by atoms with Gasteiger partial charge in [-0.2, -0.15) is 0 Å². The largest absolute Gasteiger partial charge is 0.386 e. The number of halogens is 3. The number of amides is 4. The van der Waals surface area contributed by atoms with E-state index in [1.807, 2.05) is 19.2 Å². The van der Waals surface area contributed by atoms with Crippen LogP contribution in [-0.4, -0.2) is 24.9 Å². The molecule has 1 fully saturated rings. The summed E-state index contributed by atoms with van der Waals surface area (Å²) in [5.41, 5.74) is 1.96. The van der Waals surface area contributed by atoms with E-state index in [1.165, 1.54) is 6.08 Å². The zero-order valence-corrected chi connectivity index (χ0v) is 19.7. The second-order valence-corrected chi connectivity index (χ2v) is 8.78. The van der Waals surface area contributed by atoms with E-state index in [9.17, 15) is 14.4 Å². The first-order valence-corrected chi connectivity index (χ1v) is 10.6. The number of hydrogen-bond donors (Lipinski definition) is 2. The maximum atomic E-state index is 12.9. The number of benzene rings is 2. The van der Waals surface area contributed by atoms with Gasteiger partial charge in [0.1, 0.15) is 5.57 Å². The summed E-state index contributed by atoms with van der Waals surface area (Å²) in [5, 5.41) is 5.34. The molecule has 0 spiro atoms. The van der Waals surface area contributed by atoms with E-state index >= 15 is 0 Å². The number of imide groups is 2. The Labute approximate surface area is 191 Å². The summed E-state index contributed by atoms with van der Waals surface area (Å²) < 4.78 is 2.73. The minimum atomic E-state index is -0.765. The van der Waals surface area contributed by atoms with Crippen LogP contribution in [0.5, 0.6) is 0 Å². The molecule has 1 heterocycles. The summed E-state index contributed by atoms with van der Waals surface area (Å²) in [6.07, 6.45) is 1.50. The Hall–Kier alpha value is -1.47. The van der Waals surface area contributed by atoms with Gasteiger partial charge in [0.2, 0.25) is 0 Å². The van der Waals surface area contributed by atoms with Gasteiger partial charge in [-0.3, -0.25) is 14.9 Å². The summed E-state index contributed by atoms with van der Waals surface area (Å²) in [5.74, 6) is -1.37. The fourth-order valence-corrected chi connectivity index (χ4v) is 5.18. The van der Waals surface area contributed by atoms with Gasteiger partial charge in [0.05, 0.1) is 11.4 Å². The van der Waals surface area contributed by atoms with Crippen molar-refractivity contribution in [2.45, 2.75) is 0 Å². The van der Waals surface area contributed by atoms with Crippen molar-refractivity contribution in [1.82, 2.24) is 5.32 Å². The van der Waals surface area contributed by atoms with Gasteiger partial charge in [0.15, 0.2) is 0 Å². The van der Waals surface area contributed by atoms with Gasteiger partial charge in [-0.25, -0.2) is 9.69 Å². The average Bonchev–Trinajstić information content (AvgIpc) is 2.60. The van der Waals surface area contributed by atoms with E-state index in [4.69, 9.17) is 0 Å². The third-order valence-electron chi connectivity index (χ3n) is 3.81. The maximum absolute atomic E-state index is 12.9. The molecule has 138 valence electrons. The molecule has 0 saturated carbocycles. The second kappa shape index (κ2) is 8.27. The van der Waals surface area contributed by atoms with Crippen molar-refractivity contribution in [1.29, 1.82) is 0 Å². The van der Waals surface area contributed by atoms with Gasteiger partial charge in [-0.1, -0.05) is 15.9 Å². The van der Waals surface area contributed by atoms with Gasteiger partial charge in [-0.05, 0) is 93.2 Å². The highest BCUT2D eigenvalue weighted by molar-refractivity contribution is 14.1. The van der Waals surface area contributed by atoms with E-state index in [0.29, 0.717) is 11.3 Å². The number of carbonyl (C=O) groups excluding carboxylic acids is 3. The van der Waals surface area contributed by atoms with E-state index in [2.05, 4.69) is 71.7 Å². The van der Waals surface area contributed by atoms with Crippen LogP contribution in [0.3, 0.4) is 0 Å². The quantitative estimate of drug-likeness (QED) is 0.294. The van der Waals surface area contributed by atoms with Crippen LogP contribution >= 0.6 is 61.1 Å². The van der Waals surface area contributed by atoms with Gasteiger partial charge < -0.3 is 5.32 Å². The van der Waals surface area contributed by atoms with Crippen LogP contribution in [0.2, 0.25) is 0 Å². The monoisotopic (exact) mass is 651 g/mol. The van der Waals surface area contributed by atoms with Gasteiger partial charge in [0.25, 0.3) is 11.8 Å². The van der Waals surface area contributed by atoms with E-state index < -0.39 is 17.8 Å². The van der Waals surface area contributed by atoms with Gasteiger partial charge >= 0.3 is 6.03 Å². The molecule has 2 N–H and O–H groups in total. The Kier molecular flexibility index (Phi) is 6.21. The first-order chi connectivity index (χ1) is 12.8. The highest BCUT2D eigenvalue weighted by atomic mass is 127. The number of nitrogens with one attached hydrogen (secondary N) is 2. The van der Waals surface area contributed by atoms with Crippen molar-refractivity contribution in [2.75, 3.05) is 17.3 Å². The van der Waals surface area contributed by atoms with E-state index in [-0.39, 0.29) is 5.57 Å². The van der Waals surface area contributed by atoms with Crippen molar-refractivity contribution in [3.05, 3.63) is 59.1 Å². The van der Waals surface area contributed by atoms with Crippen LogP contribution in [0.25, 0.3) is 6.08 Å². The lowest BCUT2D eigenvalue weighted by atomic mass is 10.1. The number of barbiturate groups is 1.